The molecule has 0 aromatic heterocycles. The molecule has 106 valence electrons. The van der Waals surface area contributed by atoms with Gasteiger partial charge in [0.05, 0.1) is 0 Å². The summed E-state index contributed by atoms with van der Waals surface area (Å²) >= 11 is 0. The van der Waals surface area contributed by atoms with Crippen LogP contribution in [0.3, 0.4) is 0 Å². The largest absolute Gasteiger partial charge is 0.298 e. The maximum atomic E-state index is 2.68. The van der Waals surface area contributed by atoms with Crippen molar-refractivity contribution in [2.75, 3.05) is 13.1 Å². The Balaban J connectivity index is 1.77. The minimum absolute atomic E-state index is 0.380. The van der Waals surface area contributed by atoms with Gasteiger partial charge < -0.3 is 0 Å². The molecule has 2 fully saturated rings. The smallest absolute Gasteiger partial charge is 0.0125 e. The predicted molar refractivity (Wildman–Crippen MR) is 79.8 cm³/mol. The highest BCUT2D eigenvalue weighted by Gasteiger charge is 2.32. The maximum absolute atomic E-state index is 2.68. The minimum Gasteiger partial charge on any atom is -0.298 e. The first kappa shape index (κ1) is 14.4. The number of nitrogens with zero attached hydrogens (tertiary/aromatic N) is 1. The lowest BCUT2D eigenvalue weighted by molar-refractivity contribution is 0.0584. The van der Waals surface area contributed by atoms with Crippen LogP contribution in [0.1, 0.15) is 72.6 Å². The summed E-state index contributed by atoms with van der Waals surface area (Å²) in [4.78, 5) is 2.68. The standard InChI is InChI=1S/C17H33N/c1-5-14-6-8-15(9-7-14)16-10-12-18(13-11-16)17(2,3)4/h14-16H,5-13H2,1-4H3. The average Bonchev–Trinajstić information content (AvgIpc) is 2.38. The summed E-state index contributed by atoms with van der Waals surface area (Å²) in [6.07, 6.45) is 10.4. The Hall–Kier alpha value is -0.0400. The van der Waals surface area contributed by atoms with E-state index in [4.69, 9.17) is 0 Å². The van der Waals surface area contributed by atoms with Crippen molar-refractivity contribution in [3.05, 3.63) is 0 Å². The highest BCUT2D eigenvalue weighted by Crippen LogP contribution is 2.39. The van der Waals surface area contributed by atoms with Crippen molar-refractivity contribution in [3.8, 4) is 0 Å². The van der Waals surface area contributed by atoms with Gasteiger partial charge >= 0.3 is 0 Å². The minimum atomic E-state index is 0.380. The van der Waals surface area contributed by atoms with Crippen LogP contribution in [0.25, 0.3) is 0 Å². The molecule has 0 spiro atoms. The van der Waals surface area contributed by atoms with Gasteiger partial charge in [0.1, 0.15) is 0 Å². The highest BCUT2D eigenvalue weighted by atomic mass is 15.2. The Morgan fingerprint density at radius 3 is 1.78 bits per heavy atom. The number of likely N-dealkylation sites (tertiary alicyclic amines) is 1. The van der Waals surface area contributed by atoms with Crippen LogP contribution in [0, 0.1) is 17.8 Å². The summed E-state index contributed by atoms with van der Waals surface area (Å²) in [6.45, 7) is 12.1. The summed E-state index contributed by atoms with van der Waals surface area (Å²) in [5, 5.41) is 0. The van der Waals surface area contributed by atoms with Gasteiger partial charge in [0.2, 0.25) is 0 Å². The normalized spacial score (nSPS) is 32.7. The molecular formula is C17H33N. The Kier molecular flexibility index (Phi) is 4.75. The summed E-state index contributed by atoms with van der Waals surface area (Å²) in [7, 11) is 0. The number of hydrogen-bond donors (Lipinski definition) is 0. The van der Waals surface area contributed by atoms with Gasteiger partial charge in [0.25, 0.3) is 0 Å². The Morgan fingerprint density at radius 2 is 1.33 bits per heavy atom. The summed E-state index contributed by atoms with van der Waals surface area (Å²) in [5.41, 5.74) is 0.380. The van der Waals surface area contributed by atoms with E-state index < -0.39 is 0 Å². The van der Waals surface area contributed by atoms with Crippen LogP contribution >= 0.6 is 0 Å². The third kappa shape index (κ3) is 3.50. The molecule has 18 heavy (non-hydrogen) atoms. The molecule has 1 heterocycles. The van der Waals surface area contributed by atoms with Gasteiger partial charge in [0.15, 0.2) is 0 Å². The van der Waals surface area contributed by atoms with Crippen LogP contribution in [0.4, 0.5) is 0 Å². The van der Waals surface area contributed by atoms with E-state index in [1.165, 1.54) is 58.0 Å². The number of rotatable bonds is 2. The monoisotopic (exact) mass is 251 g/mol. The molecule has 0 radical (unpaired) electrons. The zero-order chi connectivity index (χ0) is 13.2. The zero-order valence-electron chi connectivity index (χ0n) is 13.0. The quantitative estimate of drug-likeness (QED) is 0.687. The van der Waals surface area contributed by atoms with E-state index >= 15 is 0 Å². The van der Waals surface area contributed by atoms with Crippen LogP contribution in [-0.2, 0) is 0 Å². The summed E-state index contributed by atoms with van der Waals surface area (Å²) in [6, 6.07) is 0. The second-order valence-corrected chi connectivity index (χ2v) is 7.68. The van der Waals surface area contributed by atoms with Crippen molar-refractivity contribution in [3.63, 3.8) is 0 Å². The third-order valence-corrected chi connectivity index (χ3v) is 5.62. The summed E-state index contributed by atoms with van der Waals surface area (Å²) < 4.78 is 0. The molecule has 1 aliphatic heterocycles. The molecule has 2 rings (SSSR count). The molecule has 1 nitrogen and oxygen atoms in total. The number of piperidine rings is 1. The SMILES string of the molecule is CCC1CCC(C2CCN(C(C)(C)C)CC2)CC1. The van der Waals surface area contributed by atoms with Crippen LogP contribution in [0.2, 0.25) is 0 Å². The molecule has 2 aliphatic rings. The summed E-state index contributed by atoms with van der Waals surface area (Å²) in [5.74, 6) is 3.16. The molecule has 1 heteroatoms. The second-order valence-electron chi connectivity index (χ2n) is 7.68. The second kappa shape index (κ2) is 5.94. The molecular weight excluding hydrogens is 218 g/mol. The molecule has 0 atom stereocenters. The first-order chi connectivity index (χ1) is 8.50. The molecule has 0 unspecified atom stereocenters. The van der Waals surface area contributed by atoms with Gasteiger partial charge in [-0.1, -0.05) is 26.2 Å². The Labute approximate surface area is 114 Å². The van der Waals surface area contributed by atoms with E-state index in [0.717, 1.165) is 17.8 Å². The van der Waals surface area contributed by atoms with Crippen molar-refractivity contribution in [2.45, 2.75) is 78.2 Å². The van der Waals surface area contributed by atoms with Gasteiger partial charge in [0, 0.05) is 5.54 Å². The fourth-order valence-electron chi connectivity index (χ4n) is 4.11. The molecule has 0 aromatic rings. The van der Waals surface area contributed by atoms with Crippen LogP contribution in [0.5, 0.6) is 0 Å². The molecule has 1 saturated carbocycles. The topological polar surface area (TPSA) is 3.24 Å². The molecule has 1 saturated heterocycles. The zero-order valence-corrected chi connectivity index (χ0v) is 13.0. The van der Waals surface area contributed by atoms with Crippen LogP contribution < -0.4 is 0 Å². The lowest BCUT2D eigenvalue weighted by Crippen LogP contribution is -2.47. The Bertz CT molecular complexity index is 237. The van der Waals surface area contributed by atoms with Gasteiger partial charge in [-0.25, -0.2) is 0 Å². The lowest BCUT2D eigenvalue weighted by atomic mass is 9.72. The number of hydrogen-bond acceptors (Lipinski definition) is 1. The van der Waals surface area contributed by atoms with E-state index in [1.807, 2.05) is 0 Å². The lowest BCUT2D eigenvalue weighted by Gasteiger charge is -2.44. The van der Waals surface area contributed by atoms with Crippen LogP contribution in [-0.4, -0.2) is 23.5 Å². The molecule has 0 amide bonds. The predicted octanol–water partition coefficient (Wildman–Crippen LogP) is 4.71. The van der Waals surface area contributed by atoms with Gasteiger partial charge in [-0.3, -0.25) is 4.90 Å². The van der Waals surface area contributed by atoms with Crippen molar-refractivity contribution in [1.29, 1.82) is 0 Å². The fourth-order valence-corrected chi connectivity index (χ4v) is 4.11. The highest BCUT2D eigenvalue weighted by molar-refractivity contribution is 4.85. The molecule has 1 aliphatic carbocycles. The van der Waals surface area contributed by atoms with E-state index in [1.54, 1.807) is 0 Å². The van der Waals surface area contributed by atoms with E-state index in [2.05, 4.69) is 32.6 Å². The first-order valence-corrected chi connectivity index (χ1v) is 8.25. The van der Waals surface area contributed by atoms with Crippen LogP contribution in [0.15, 0.2) is 0 Å². The van der Waals surface area contributed by atoms with Crippen molar-refractivity contribution >= 4 is 0 Å². The Morgan fingerprint density at radius 1 is 0.833 bits per heavy atom. The van der Waals surface area contributed by atoms with Gasteiger partial charge in [-0.2, -0.15) is 0 Å². The van der Waals surface area contributed by atoms with Gasteiger partial charge in [-0.05, 0) is 77.3 Å². The fraction of sp³-hybridized carbons (Fsp3) is 1.00. The first-order valence-electron chi connectivity index (χ1n) is 8.25. The molecule has 0 N–H and O–H groups in total. The van der Waals surface area contributed by atoms with E-state index in [-0.39, 0.29) is 0 Å². The van der Waals surface area contributed by atoms with E-state index in [9.17, 15) is 0 Å². The third-order valence-electron chi connectivity index (χ3n) is 5.62. The maximum Gasteiger partial charge on any atom is 0.0125 e. The van der Waals surface area contributed by atoms with Crippen molar-refractivity contribution in [2.24, 2.45) is 17.8 Å². The van der Waals surface area contributed by atoms with Gasteiger partial charge in [-0.15, -0.1) is 0 Å². The van der Waals surface area contributed by atoms with E-state index in [0.29, 0.717) is 5.54 Å². The molecule has 0 aromatic carbocycles. The average molecular weight is 251 g/mol. The molecule has 0 bridgehead atoms. The van der Waals surface area contributed by atoms with Crippen molar-refractivity contribution < 1.29 is 0 Å². The van der Waals surface area contributed by atoms with Crippen molar-refractivity contribution in [1.82, 2.24) is 4.90 Å².